The second-order valence-corrected chi connectivity index (χ2v) is 4.29. The first-order valence-electron chi connectivity index (χ1n) is 3.80. The van der Waals surface area contributed by atoms with Crippen LogP contribution in [0.15, 0.2) is 0 Å². The van der Waals surface area contributed by atoms with E-state index in [1.54, 1.807) is 0 Å². The van der Waals surface area contributed by atoms with E-state index in [0.717, 1.165) is 0 Å². The van der Waals surface area contributed by atoms with Crippen molar-refractivity contribution < 1.29 is 4.74 Å². The molecule has 0 bridgehead atoms. The van der Waals surface area contributed by atoms with Gasteiger partial charge in [0.15, 0.2) is 16.1 Å². The van der Waals surface area contributed by atoms with Gasteiger partial charge in [0.1, 0.15) is 10.0 Å². The van der Waals surface area contributed by atoms with Crippen molar-refractivity contribution in [1.29, 1.82) is 0 Å². The van der Waals surface area contributed by atoms with E-state index in [1.807, 2.05) is 13.8 Å². The molecule has 1 aromatic heterocycles. The molecule has 1 rings (SSSR count). The molecule has 0 N–H and O–H groups in total. The number of rotatable bonds is 2. The standard InChI is InChI=1S/C8H7Cl4NO/c1-3(2)14-6-4(9)7(11)13-8(12)5(6)10/h3H,1-2H3. The van der Waals surface area contributed by atoms with Gasteiger partial charge in [-0.05, 0) is 13.8 Å². The third kappa shape index (κ3) is 2.57. The molecule has 78 valence electrons. The lowest BCUT2D eigenvalue weighted by Crippen LogP contribution is -2.07. The Morgan fingerprint density at radius 2 is 1.43 bits per heavy atom. The van der Waals surface area contributed by atoms with E-state index >= 15 is 0 Å². The molecule has 0 spiro atoms. The molecule has 0 radical (unpaired) electrons. The van der Waals surface area contributed by atoms with Crippen molar-refractivity contribution in [2.45, 2.75) is 20.0 Å². The molecule has 2 nitrogen and oxygen atoms in total. The Morgan fingerprint density at radius 1 is 1.00 bits per heavy atom. The average molecular weight is 275 g/mol. The SMILES string of the molecule is CC(C)Oc1c(Cl)c(Cl)nc(Cl)c1Cl. The highest BCUT2D eigenvalue weighted by atomic mass is 35.5. The number of ether oxygens (including phenoxy) is 1. The summed E-state index contributed by atoms with van der Waals surface area (Å²) in [4.78, 5) is 3.73. The topological polar surface area (TPSA) is 22.1 Å². The molecule has 1 aromatic rings. The van der Waals surface area contributed by atoms with Gasteiger partial charge < -0.3 is 4.74 Å². The van der Waals surface area contributed by atoms with Gasteiger partial charge in [-0.15, -0.1) is 0 Å². The Balaban J connectivity index is 3.25. The maximum Gasteiger partial charge on any atom is 0.163 e. The van der Waals surface area contributed by atoms with Crippen molar-refractivity contribution >= 4 is 46.4 Å². The number of pyridine rings is 1. The monoisotopic (exact) mass is 273 g/mol. The first kappa shape index (κ1) is 12.2. The Kier molecular flexibility index (Phi) is 4.14. The van der Waals surface area contributed by atoms with Crippen LogP contribution in [-0.4, -0.2) is 11.1 Å². The van der Waals surface area contributed by atoms with Gasteiger partial charge in [0, 0.05) is 0 Å². The van der Waals surface area contributed by atoms with Crippen LogP contribution in [0.2, 0.25) is 20.4 Å². The molecule has 0 aromatic carbocycles. The van der Waals surface area contributed by atoms with Gasteiger partial charge in [0.2, 0.25) is 0 Å². The number of aromatic nitrogens is 1. The highest BCUT2D eigenvalue weighted by Gasteiger charge is 2.17. The number of nitrogens with zero attached hydrogens (tertiary/aromatic N) is 1. The zero-order valence-electron chi connectivity index (χ0n) is 7.44. The molecule has 0 fully saturated rings. The third-order valence-electron chi connectivity index (χ3n) is 1.31. The fourth-order valence-electron chi connectivity index (χ4n) is 0.807. The lowest BCUT2D eigenvalue weighted by molar-refractivity contribution is 0.242. The Hall–Kier alpha value is 0.110. The fraction of sp³-hybridized carbons (Fsp3) is 0.375. The van der Waals surface area contributed by atoms with Crippen LogP contribution in [0, 0.1) is 0 Å². The molecular weight excluding hydrogens is 268 g/mol. The van der Waals surface area contributed by atoms with Crippen molar-refractivity contribution in [2.75, 3.05) is 0 Å². The summed E-state index contributed by atoms with van der Waals surface area (Å²) < 4.78 is 5.36. The molecule has 0 amide bonds. The maximum atomic E-state index is 5.85. The van der Waals surface area contributed by atoms with E-state index in [0.29, 0.717) is 0 Å². The Bertz CT molecular complexity index is 327. The van der Waals surface area contributed by atoms with Crippen molar-refractivity contribution in [2.24, 2.45) is 0 Å². The lowest BCUT2D eigenvalue weighted by Gasteiger charge is -2.13. The van der Waals surface area contributed by atoms with Gasteiger partial charge in [0.25, 0.3) is 0 Å². The lowest BCUT2D eigenvalue weighted by atomic mass is 10.4. The average Bonchev–Trinajstić information content (AvgIpc) is 2.09. The first-order valence-corrected chi connectivity index (χ1v) is 5.31. The highest BCUT2D eigenvalue weighted by Crippen LogP contribution is 2.41. The summed E-state index contributed by atoms with van der Waals surface area (Å²) in [7, 11) is 0. The Morgan fingerprint density at radius 3 is 1.79 bits per heavy atom. The normalized spacial score (nSPS) is 10.8. The van der Waals surface area contributed by atoms with Crippen LogP contribution in [0.3, 0.4) is 0 Å². The van der Waals surface area contributed by atoms with Gasteiger partial charge in [-0.1, -0.05) is 46.4 Å². The minimum absolute atomic E-state index is 0.0699. The molecule has 0 atom stereocenters. The molecule has 0 unspecified atom stereocenters. The number of halogens is 4. The van der Waals surface area contributed by atoms with Gasteiger partial charge in [-0.2, -0.15) is 0 Å². The maximum absolute atomic E-state index is 5.85. The van der Waals surface area contributed by atoms with E-state index in [2.05, 4.69) is 4.98 Å². The molecule has 0 aliphatic carbocycles. The summed E-state index contributed by atoms with van der Waals surface area (Å²) in [6.45, 7) is 3.68. The van der Waals surface area contributed by atoms with Crippen LogP contribution in [0.1, 0.15) is 13.8 Å². The summed E-state index contributed by atoms with van der Waals surface area (Å²) in [5.74, 6) is 0.272. The van der Waals surface area contributed by atoms with Gasteiger partial charge >= 0.3 is 0 Å². The van der Waals surface area contributed by atoms with E-state index in [9.17, 15) is 0 Å². The highest BCUT2D eigenvalue weighted by molar-refractivity contribution is 6.47. The van der Waals surface area contributed by atoms with E-state index in [1.165, 1.54) is 0 Å². The molecule has 0 saturated carbocycles. The smallest absolute Gasteiger partial charge is 0.163 e. The summed E-state index contributed by atoms with van der Waals surface area (Å²) in [5.41, 5.74) is 0. The largest absolute Gasteiger partial charge is 0.488 e. The van der Waals surface area contributed by atoms with Crippen LogP contribution in [0.25, 0.3) is 0 Å². The van der Waals surface area contributed by atoms with Crippen LogP contribution in [-0.2, 0) is 0 Å². The first-order chi connectivity index (χ1) is 6.43. The van der Waals surface area contributed by atoms with Gasteiger partial charge in [-0.3, -0.25) is 0 Å². The number of hydrogen-bond donors (Lipinski definition) is 0. The summed E-state index contributed by atoms with van der Waals surface area (Å²) in [6.07, 6.45) is -0.0699. The van der Waals surface area contributed by atoms with Crippen molar-refractivity contribution in [3.63, 3.8) is 0 Å². The molecule has 14 heavy (non-hydrogen) atoms. The van der Waals surface area contributed by atoms with E-state index < -0.39 is 0 Å². The van der Waals surface area contributed by atoms with Crippen molar-refractivity contribution in [3.05, 3.63) is 20.4 Å². The van der Waals surface area contributed by atoms with Crippen LogP contribution >= 0.6 is 46.4 Å². The molecule has 0 aliphatic heterocycles. The predicted molar refractivity (Wildman–Crippen MR) is 60.0 cm³/mol. The summed E-state index contributed by atoms with van der Waals surface area (Å²) >= 11 is 23.1. The van der Waals surface area contributed by atoms with Crippen LogP contribution in [0.5, 0.6) is 5.75 Å². The van der Waals surface area contributed by atoms with E-state index in [-0.39, 0.29) is 32.2 Å². The van der Waals surface area contributed by atoms with Crippen molar-refractivity contribution in [1.82, 2.24) is 4.98 Å². The minimum Gasteiger partial charge on any atom is -0.488 e. The predicted octanol–water partition coefficient (Wildman–Crippen LogP) is 4.48. The second-order valence-electron chi connectivity index (χ2n) is 2.82. The third-order valence-corrected chi connectivity index (χ3v) is 2.75. The van der Waals surface area contributed by atoms with Gasteiger partial charge in [-0.25, -0.2) is 4.98 Å². The second kappa shape index (κ2) is 4.75. The summed E-state index contributed by atoms with van der Waals surface area (Å²) in [5, 5.41) is 0.512. The van der Waals surface area contributed by atoms with Crippen LogP contribution in [0.4, 0.5) is 0 Å². The molecular formula is C8H7Cl4NO. The van der Waals surface area contributed by atoms with Gasteiger partial charge in [0.05, 0.1) is 6.10 Å². The fourth-order valence-corrected chi connectivity index (χ4v) is 1.60. The van der Waals surface area contributed by atoms with Crippen LogP contribution < -0.4 is 4.74 Å². The molecule has 0 saturated heterocycles. The van der Waals surface area contributed by atoms with Crippen molar-refractivity contribution in [3.8, 4) is 5.75 Å². The minimum atomic E-state index is -0.0699. The Labute approximate surface area is 102 Å². The molecule has 6 heteroatoms. The zero-order chi connectivity index (χ0) is 10.9. The van der Waals surface area contributed by atoms with E-state index in [4.69, 9.17) is 51.1 Å². The zero-order valence-corrected chi connectivity index (χ0v) is 10.5. The molecule has 0 aliphatic rings. The number of hydrogen-bond acceptors (Lipinski definition) is 2. The summed E-state index contributed by atoms with van der Waals surface area (Å²) in [6, 6.07) is 0. The quantitative estimate of drug-likeness (QED) is 0.742. The molecule has 1 heterocycles.